The van der Waals surface area contributed by atoms with E-state index in [-0.39, 0.29) is 6.61 Å². The highest BCUT2D eigenvalue weighted by molar-refractivity contribution is 7.09. The van der Waals surface area contributed by atoms with E-state index in [0.717, 1.165) is 0 Å². The molecule has 0 spiro atoms. The van der Waals surface area contributed by atoms with Crippen molar-refractivity contribution in [2.75, 3.05) is 26.2 Å². The summed E-state index contributed by atoms with van der Waals surface area (Å²) in [4.78, 5) is 4.06. The molecule has 4 nitrogen and oxygen atoms in total. The first kappa shape index (κ1) is 14.8. The molecule has 0 amide bonds. The van der Waals surface area contributed by atoms with Gasteiger partial charge in [-0.2, -0.15) is 5.10 Å². The Morgan fingerprint density at radius 1 is 1.24 bits per heavy atom. The van der Waals surface area contributed by atoms with E-state index in [1.807, 2.05) is 22.2 Å². The Kier molecular flexibility index (Phi) is 5.06. The molecule has 3 rings (SSSR count). The number of aliphatic hydroxyl groups is 1. The Balaban J connectivity index is 1.49. The first-order valence-electron chi connectivity index (χ1n) is 7.74. The minimum Gasteiger partial charge on any atom is -0.394 e. The molecule has 0 bridgehead atoms. The van der Waals surface area contributed by atoms with Crippen molar-refractivity contribution in [3.05, 3.63) is 40.3 Å². The monoisotopic (exact) mass is 305 g/mol. The fraction of sp³-hybridized carbons (Fsp3) is 0.562. The summed E-state index contributed by atoms with van der Waals surface area (Å²) in [7, 11) is 0. The van der Waals surface area contributed by atoms with Gasteiger partial charge in [0.15, 0.2) is 0 Å². The lowest BCUT2D eigenvalue weighted by Gasteiger charge is -2.32. The van der Waals surface area contributed by atoms with E-state index in [1.165, 1.54) is 49.5 Å². The lowest BCUT2D eigenvalue weighted by atomic mass is 9.93. The topological polar surface area (TPSA) is 41.3 Å². The van der Waals surface area contributed by atoms with E-state index < -0.39 is 0 Å². The fourth-order valence-electron chi connectivity index (χ4n) is 3.15. The summed E-state index contributed by atoms with van der Waals surface area (Å²) in [5.74, 6) is 0.594. The second kappa shape index (κ2) is 7.20. The maximum atomic E-state index is 9.10. The van der Waals surface area contributed by atoms with E-state index in [4.69, 9.17) is 5.11 Å². The van der Waals surface area contributed by atoms with Gasteiger partial charge in [-0.3, -0.25) is 4.68 Å². The van der Waals surface area contributed by atoms with Crippen LogP contribution >= 0.6 is 11.3 Å². The molecule has 0 aromatic carbocycles. The van der Waals surface area contributed by atoms with Crippen LogP contribution in [0.3, 0.4) is 0 Å². The summed E-state index contributed by atoms with van der Waals surface area (Å²) in [5, 5.41) is 15.6. The van der Waals surface area contributed by atoms with Crippen LogP contribution in [0.4, 0.5) is 0 Å². The molecule has 0 radical (unpaired) electrons. The Morgan fingerprint density at radius 2 is 2.10 bits per heavy atom. The summed E-state index contributed by atoms with van der Waals surface area (Å²) >= 11 is 1.86. The number of aliphatic hydroxyl groups excluding tert-OH is 1. The van der Waals surface area contributed by atoms with Gasteiger partial charge in [0.25, 0.3) is 0 Å². The summed E-state index contributed by atoms with van der Waals surface area (Å²) in [6.45, 7) is 4.28. The van der Waals surface area contributed by atoms with Crippen LogP contribution in [0.1, 0.15) is 29.3 Å². The van der Waals surface area contributed by atoms with Crippen LogP contribution < -0.4 is 0 Å². The van der Waals surface area contributed by atoms with Gasteiger partial charge < -0.3 is 10.0 Å². The van der Waals surface area contributed by atoms with E-state index in [1.54, 1.807) is 0 Å². The van der Waals surface area contributed by atoms with Crippen LogP contribution in [0, 0.1) is 0 Å². The van der Waals surface area contributed by atoms with Gasteiger partial charge in [-0.25, -0.2) is 0 Å². The standard InChI is InChI=1S/C16H23N3OS/c20-12-11-19-16(3-7-17-19)14-4-8-18(9-5-14)10-6-15-2-1-13-21-15/h1-3,7,13-14,20H,4-6,8-12H2. The van der Waals surface area contributed by atoms with Crippen molar-refractivity contribution in [3.63, 3.8) is 0 Å². The number of rotatable bonds is 6. The van der Waals surface area contributed by atoms with E-state index in [9.17, 15) is 0 Å². The van der Waals surface area contributed by atoms with Crippen LogP contribution in [-0.4, -0.2) is 46.0 Å². The maximum absolute atomic E-state index is 9.10. The molecular formula is C16H23N3OS. The van der Waals surface area contributed by atoms with Crippen LogP contribution in [0.25, 0.3) is 0 Å². The summed E-state index contributed by atoms with van der Waals surface area (Å²) in [6, 6.07) is 6.47. The molecule has 0 saturated carbocycles. The van der Waals surface area contributed by atoms with E-state index >= 15 is 0 Å². The van der Waals surface area contributed by atoms with Crippen LogP contribution in [0.2, 0.25) is 0 Å². The Hall–Kier alpha value is -1.17. The molecular weight excluding hydrogens is 282 g/mol. The third kappa shape index (κ3) is 3.73. The van der Waals surface area contributed by atoms with Crippen molar-refractivity contribution >= 4 is 11.3 Å². The number of hydrogen-bond donors (Lipinski definition) is 1. The number of thiophene rings is 1. The zero-order chi connectivity index (χ0) is 14.5. The largest absolute Gasteiger partial charge is 0.394 e. The average molecular weight is 305 g/mol. The molecule has 2 aromatic rings. The van der Waals surface area contributed by atoms with Gasteiger partial charge in [0, 0.05) is 29.2 Å². The van der Waals surface area contributed by atoms with Gasteiger partial charge >= 0.3 is 0 Å². The van der Waals surface area contributed by atoms with Crippen molar-refractivity contribution in [1.29, 1.82) is 0 Å². The Labute approximate surface area is 130 Å². The SMILES string of the molecule is OCCn1nccc1C1CCN(CCc2cccs2)CC1. The first-order valence-corrected chi connectivity index (χ1v) is 8.62. The molecule has 1 N–H and O–H groups in total. The molecule has 114 valence electrons. The number of hydrogen-bond acceptors (Lipinski definition) is 4. The highest BCUT2D eigenvalue weighted by Gasteiger charge is 2.22. The van der Waals surface area contributed by atoms with Gasteiger partial charge in [0.2, 0.25) is 0 Å². The predicted molar refractivity (Wildman–Crippen MR) is 85.8 cm³/mol. The highest BCUT2D eigenvalue weighted by Crippen LogP contribution is 2.28. The van der Waals surface area contributed by atoms with Crippen molar-refractivity contribution in [2.45, 2.75) is 31.7 Å². The molecule has 5 heteroatoms. The first-order chi connectivity index (χ1) is 10.4. The normalized spacial score (nSPS) is 17.4. The lowest BCUT2D eigenvalue weighted by Crippen LogP contribution is -2.35. The molecule has 21 heavy (non-hydrogen) atoms. The smallest absolute Gasteiger partial charge is 0.0644 e. The fourth-order valence-corrected chi connectivity index (χ4v) is 3.84. The third-order valence-electron chi connectivity index (χ3n) is 4.32. The molecule has 1 aliphatic heterocycles. The quantitative estimate of drug-likeness (QED) is 0.891. The van der Waals surface area contributed by atoms with Gasteiger partial charge in [0.05, 0.1) is 13.2 Å². The number of nitrogens with zero attached hydrogens (tertiary/aromatic N) is 3. The summed E-state index contributed by atoms with van der Waals surface area (Å²) in [6.07, 6.45) is 5.42. The minimum atomic E-state index is 0.161. The maximum Gasteiger partial charge on any atom is 0.0644 e. The van der Waals surface area contributed by atoms with E-state index in [2.05, 4.69) is 33.6 Å². The number of piperidine rings is 1. The van der Waals surface area contributed by atoms with Crippen LogP contribution in [-0.2, 0) is 13.0 Å². The molecule has 0 aliphatic carbocycles. The second-order valence-corrected chi connectivity index (χ2v) is 6.68. The zero-order valence-electron chi connectivity index (χ0n) is 12.3. The molecule has 1 aliphatic rings. The second-order valence-electron chi connectivity index (χ2n) is 5.65. The van der Waals surface area contributed by atoms with Gasteiger partial charge in [-0.15, -0.1) is 11.3 Å². The summed E-state index contributed by atoms with van der Waals surface area (Å²) in [5.41, 5.74) is 1.29. The zero-order valence-corrected chi connectivity index (χ0v) is 13.1. The predicted octanol–water partition coefficient (Wildman–Crippen LogP) is 2.36. The summed E-state index contributed by atoms with van der Waals surface area (Å²) < 4.78 is 1.96. The highest BCUT2D eigenvalue weighted by atomic mass is 32.1. The molecule has 2 aromatic heterocycles. The van der Waals surface area contributed by atoms with Crippen molar-refractivity contribution in [1.82, 2.24) is 14.7 Å². The van der Waals surface area contributed by atoms with Crippen LogP contribution in [0.5, 0.6) is 0 Å². The molecule has 3 heterocycles. The Morgan fingerprint density at radius 3 is 2.81 bits per heavy atom. The number of likely N-dealkylation sites (tertiary alicyclic amines) is 1. The Bertz CT molecular complexity index is 529. The van der Waals surface area contributed by atoms with E-state index in [0.29, 0.717) is 12.5 Å². The average Bonchev–Trinajstić information content (AvgIpc) is 3.17. The van der Waals surface area contributed by atoms with Crippen molar-refractivity contribution in [3.8, 4) is 0 Å². The molecule has 0 unspecified atom stereocenters. The molecule has 0 atom stereocenters. The third-order valence-corrected chi connectivity index (χ3v) is 5.26. The van der Waals surface area contributed by atoms with Gasteiger partial charge in [0.1, 0.15) is 0 Å². The number of aromatic nitrogens is 2. The van der Waals surface area contributed by atoms with Crippen LogP contribution in [0.15, 0.2) is 29.8 Å². The van der Waals surface area contributed by atoms with Crippen molar-refractivity contribution < 1.29 is 5.11 Å². The molecule has 1 fully saturated rings. The van der Waals surface area contributed by atoms with Crippen molar-refractivity contribution in [2.24, 2.45) is 0 Å². The minimum absolute atomic E-state index is 0.161. The van der Waals surface area contributed by atoms with Gasteiger partial charge in [-0.05, 0) is 49.9 Å². The lowest BCUT2D eigenvalue weighted by molar-refractivity contribution is 0.208. The van der Waals surface area contributed by atoms with Gasteiger partial charge in [-0.1, -0.05) is 6.07 Å². The molecule has 1 saturated heterocycles.